The fourth-order valence-electron chi connectivity index (χ4n) is 1.58. The third-order valence-corrected chi connectivity index (χ3v) is 4.51. The van der Waals surface area contributed by atoms with E-state index in [0.29, 0.717) is 5.75 Å². The van der Waals surface area contributed by atoms with Crippen molar-refractivity contribution in [3.05, 3.63) is 18.2 Å². The molecule has 0 radical (unpaired) electrons. The SMILES string of the molecule is CCN(CCO)S(=O)(=O)c1ccc(OC)c(N)c1. The minimum absolute atomic E-state index is 0.0603. The van der Waals surface area contributed by atoms with E-state index >= 15 is 0 Å². The summed E-state index contributed by atoms with van der Waals surface area (Å²) < 4.78 is 30.6. The van der Waals surface area contributed by atoms with E-state index in [2.05, 4.69) is 0 Å². The van der Waals surface area contributed by atoms with Crippen LogP contribution in [-0.2, 0) is 10.0 Å². The van der Waals surface area contributed by atoms with Crippen molar-refractivity contribution in [3.63, 3.8) is 0 Å². The first-order valence-corrected chi connectivity index (χ1v) is 6.95. The van der Waals surface area contributed by atoms with Crippen LogP contribution in [0.25, 0.3) is 0 Å². The van der Waals surface area contributed by atoms with Crippen molar-refractivity contribution in [2.45, 2.75) is 11.8 Å². The van der Waals surface area contributed by atoms with Gasteiger partial charge in [-0.25, -0.2) is 8.42 Å². The molecule has 0 aliphatic rings. The minimum Gasteiger partial charge on any atom is -0.495 e. The lowest BCUT2D eigenvalue weighted by atomic mass is 10.3. The fraction of sp³-hybridized carbons (Fsp3) is 0.455. The monoisotopic (exact) mass is 274 g/mol. The van der Waals surface area contributed by atoms with E-state index in [-0.39, 0.29) is 30.3 Å². The van der Waals surface area contributed by atoms with Gasteiger partial charge >= 0.3 is 0 Å². The van der Waals surface area contributed by atoms with Gasteiger partial charge in [-0.15, -0.1) is 0 Å². The summed E-state index contributed by atoms with van der Waals surface area (Å²) in [6.45, 7) is 1.83. The quantitative estimate of drug-likeness (QED) is 0.727. The lowest BCUT2D eigenvalue weighted by molar-refractivity contribution is 0.257. The van der Waals surface area contributed by atoms with Gasteiger partial charge in [0.2, 0.25) is 10.0 Å². The number of sulfonamides is 1. The number of benzene rings is 1. The molecule has 0 aliphatic carbocycles. The minimum atomic E-state index is -3.62. The summed E-state index contributed by atoms with van der Waals surface area (Å²) >= 11 is 0. The van der Waals surface area contributed by atoms with Crippen molar-refractivity contribution in [2.75, 3.05) is 32.5 Å². The molecule has 3 N–H and O–H groups in total. The molecule has 0 unspecified atom stereocenters. The van der Waals surface area contributed by atoms with Crippen LogP contribution < -0.4 is 10.5 Å². The second kappa shape index (κ2) is 6.03. The summed E-state index contributed by atoms with van der Waals surface area (Å²) in [5.41, 5.74) is 5.95. The zero-order chi connectivity index (χ0) is 13.8. The second-order valence-electron chi connectivity index (χ2n) is 3.62. The standard InChI is InChI=1S/C11H18N2O4S/c1-3-13(6-7-14)18(15,16)9-4-5-11(17-2)10(12)8-9/h4-5,8,14H,3,6-7,12H2,1-2H3. The zero-order valence-corrected chi connectivity index (χ0v) is 11.3. The Kier molecular flexibility index (Phi) is 4.94. The number of likely N-dealkylation sites (N-methyl/N-ethyl adjacent to an activating group) is 1. The van der Waals surface area contributed by atoms with E-state index in [1.54, 1.807) is 6.92 Å². The van der Waals surface area contributed by atoms with Gasteiger partial charge in [0.05, 0.1) is 24.3 Å². The van der Waals surface area contributed by atoms with Crippen molar-refractivity contribution < 1.29 is 18.3 Å². The maximum atomic E-state index is 12.2. The molecule has 1 aromatic rings. The summed E-state index contributed by atoms with van der Waals surface area (Å²) in [5.74, 6) is 0.430. The highest BCUT2D eigenvalue weighted by Crippen LogP contribution is 2.26. The number of rotatable bonds is 6. The number of aliphatic hydroxyl groups is 1. The molecule has 0 saturated heterocycles. The summed E-state index contributed by atoms with van der Waals surface area (Å²) in [6, 6.07) is 4.30. The molecule has 0 saturated carbocycles. The van der Waals surface area contributed by atoms with Gasteiger partial charge in [-0.3, -0.25) is 0 Å². The third kappa shape index (κ3) is 2.92. The van der Waals surface area contributed by atoms with Crippen LogP contribution in [0.15, 0.2) is 23.1 Å². The van der Waals surface area contributed by atoms with Gasteiger partial charge in [0.25, 0.3) is 0 Å². The van der Waals surface area contributed by atoms with E-state index in [1.165, 1.54) is 29.6 Å². The van der Waals surface area contributed by atoms with Gasteiger partial charge < -0.3 is 15.6 Å². The number of nitrogens with zero attached hydrogens (tertiary/aromatic N) is 1. The Morgan fingerprint density at radius 2 is 2.11 bits per heavy atom. The van der Waals surface area contributed by atoms with Crippen molar-refractivity contribution in [1.82, 2.24) is 4.31 Å². The highest BCUT2D eigenvalue weighted by molar-refractivity contribution is 7.89. The third-order valence-electron chi connectivity index (χ3n) is 2.54. The molecular weight excluding hydrogens is 256 g/mol. The molecule has 0 bridgehead atoms. The molecule has 0 spiro atoms. The van der Waals surface area contributed by atoms with Crippen molar-refractivity contribution in [2.24, 2.45) is 0 Å². The molecule has 0 heterocycles. The van der Waals surface area contributed by atoms with E-state index in [0.717, 1.165) is 0 Å². The lowest BCUT2D eigenvalue weighted by Crippen LogP contribution is -2.33. The van der Waals surface area contributed by atoms with Gasteiger partial charge in [-0.1, -0.05) is 6.92 Å². The highest BCUT2D eigenvalue weighted by Gasteiger charge is 2.23. The molecule has 18 heavy (non-hydrogen) atoms. The first kappa shape index (κ1) is 14.7. The number of anilines is 1. The molecule has 0 aromatic heterocycles. The number of methoxy groups -OCH3 is 1. The summed E-state index contributed by atoms with van der Waals surface area (Å²) in [6.07, 6.45) is 0. The summed E-state index contributed by atoms with van der Waals surface area (Å²) in [4.78, 5) is 0.0936. The van der Waals surface area contributed by atoms with Crippen LogP contribution in [-0.4, -0.2) is 44.6 Å². The molecule has 102 valence electrons. The maximum absolute atomic E-state index is 12.2. The van der Waals surface area contributed by atoms with E-state index < -0.39 is 10.0 Å². The van der Waals surface area contributed by atoms with Crippen LogP contribution in [0.4, 0.5) is 5.69 Å². The number of nitrogen functional groups attached to an aromatic ring is 1. The molecule has 0 fully saturated rings. The highest BCUT2D eigenvalue weighted by atomic mass is 32.2. The first-order valence-electron chi connectivity index (χ1n) is 5.51. The number of ether oxygens (including phenoxy) is 1. The number of hydrogen-bond donors (Lipinski definition) is 2. The summed E-state index contributed by atoms with van der Waals surface area (Å²) in [5, 5.41) is 8.86. The van der Waals surface area contributed by atoms with Crippen LogP contribution >= 0.6 is 0 Å². The molecule has 0 atom stereocenters. The Morgan fingerprint density at radius 1 is 1.44 bits per heavy atom. The predicted octanol–water partition coefficient (Wildman–Crippen LogP) is 0.280. The van der Waals surface area contributed by atoms with Crippen molar-refractivity contribution in [3.8, 4) is 5.75 Å². The van der Waals surface area contributed by atoms with Crippen LogP contribution in [0, 0.1) is 0 Å². The van der Waals surface area contributed by atoms with Crippen molar-refractivity contribution in [1.29, 1.82) is 0 Å². The van der Waals surface area contributed by atoms with E-state index in [9.17, 15) is 8.42 Å². The van der Waals surface area contributed by atoms with E-state index in [4.69, 9.17) is 15.6 Å². The molecule has 1 rings (SSSR count). The van der Waals surface area contributed by atoms with Gasteiger partial charge in [-0.2, -0.15) is 4.31 Å². The van der Waals surface area contributed by atoms with Crippen LogP contribution in [0.2, 0.25) is 0 Å². The Hall–Kier alpha value is -1.31. The molecular formula is C11H18N2O4S. The number of hydrogen-bond acceptors (Lipinski definition) is 5. The zero-order valence-electron chi connectivity index (χ0n) is 10.5. The molecule has 6 nitrogen and oxygen atoms in total. The summed E-state index contributed by atoms with van der Waals surface area (Å²) in [7, 11) is -2.16. The normalized spacial score (nSPS) is 11.8. The van der Waals surface area contributed by atoms with Gasteiger partial charge in [0.1, 0.15) is 5.75 Å². The number of aliphatic hydroxyl groups excluding tert-OH is 1. The largest absolute Gasteiger partial charge is 0.495 e. The average molecular weight is 274 g/mol. The van der Waals surface area contributed by atoms with E-state index in [1.807, 2.05) is 0 Å². The topological polar surface area (TPSA) is 92.9 Å². The van der Waals surface area contributed by atoms with Crippen LogP contribution in [0.1, 0.15) is 6.92 Å². The predicted molar refractivity (Wildman–Crippen MR) is 68.9 cm³/mol. The smallest absolute Gasteiger partial charge is 0.243 e. The molecule has 0 aliphatic heterocycles. The van der Waals surface area contributed by atoms with Gasteiger partial charge in [0, 0.05) is 13.1 Å². The van der Waals surface area contributed by atoms with Gasteiger partial charge in [-0.05, 0) is 18.2 Å². The fourth-order valence-corrected chi connectivity index (χ4v) is 3.06. The van der Waals surface area contributed by atoms with Crippen molar-refractivity contribution >= 4 is 15.7 Å². The second-order valence-corrected chi connectivity index (χ2v) is 5.56. The Morgan fingerprint density at radius 3 is 2.56 bits per heavy atom. The van der Waals surface area contributed by atoms with Gasteiger partial charge in [0.15, 0.2) is 0 Å². The average Bonchev–Trinajstić information content (AvgIpc) is 2.35. The van der Waals surface area contributed by atoms with Crippen LogP contribution in [0.3, 0.4) is 0 Å². The Balaban J connectivity index is 3.15. The Bertz CT molecular complexity index is 502. The van der Waals surface area contributed by atoms with Crippen LogP contribution in [0.5, 0.6) is 5.75 Å². The molecule has 7 heteroatoms. The number of nitrogens with two attached hydrogens (primary N) is 1. The maximum Gasteiger partial charge on any atom is 0.243 e. The first-order chi connectivity index (χ1) is 8.47. The lowest BCUT2D eigenvalue weighted by Gasteiger charge is -2.19. The Labute approximate surface area is 107 Å². The molecule has 1 aromatic carbocycles. The molecule has 0 amide bonds.